The zero-order chi connectivity index (χ0) is 9.31. The highest BCUT2D eigenvalue weighted by Crippen LogP contribution is 2.33. The normalized spacial score (nSPS) is 27.8. The summed E-state index contributed by atoms with van der Waals surface area (Å²) in [4.78, 5) is 0. The van der Waals surface area contributed by atoms with E-state index < -0.39 is 5.67 Å². The molecule has 0 radical (unpaired) electrons. The molecule has 2 rings (SSSR count). The molecule has 1 aliphatic heterocycles. The average Bonchev–Trinajstić information content (AvgIpc) is 2.54. The molecule has 13 heavy (non-hydrogen) atoms. The summed E-state index contributed by atoms with van der Waals surface area (Å²) in [6.07, 6.45) is 0.535. The number of hydrogen-bond donors (Lipinski definition) is 1. The molecule has 1 N–H and O–H groups in total. The molecule has 1 heterocycles. The van der Waals surface area contributed by atoms with Crippen LogP contribution in [0.4, 0.5) is 4.39 Å². The predicted molar refractivity (Wildman–Crippen MR) is 51.7 cm³/mol. The molecule has 0 amide bonds. The largest absolute Gasteiger partial charge is 0.313 e. The van der Waals surface area contributed by atoms with Crippen molar-refractivity contribution in [1.82, 2.24) is 5.32 Å². The Labute approximate surface area is 81.9 Å². The van der Waals surface area contributed by atoms with Crippen LogP contribution in [0, 0.1) is 0 Å². The van der Waals surface area contributed by atoms with E-state index in [0.29, 0.717) is 23.6 Å². The van der Waals surface area contributed by atoms with Gasteiger partial charge in [-0.2, -0.15) is 0 Å². The van der Waals surface area contributed by atoms with Crippen LogP contribution in [-0.4, -0.2) is 13.1 Å². The van der Waals surface area contributed by atoms with Gasteiger partial charge in [0.15, 0.2) is 0 Å². The summed E-state index contributed by atoms with van der Waals surface area (Å²) >= 11 is 5.80. The first-order valence-electron chi connectivity index (χ1n) is 4.36. The fourth-order valence-electron chi connectivity index (χ4n) is 1.68. The zero-order valence-electron chi connectivity index (χ0n) is 7.19. The van der Waals surface area contributed by atoms with Crippen molar-refractivity contribution in [3.63, 3.8) is 0 Å². The molecule has 0 bridgehead atoms. The molecule has 1 fully saturated rings. The number of nitrogens with one attached hydrogen (secondary N) is 1. The molecule has 3 heteroatoms. The Kier molecular flexibility index (Phi) is 2.26. The van der Waals surface area contributed by atoms with Gasteiger partial charge in [0.1, 0.15) is 5.67 Å². The highest BCUT2D eigenvalue weighted by molar-refractivity contribution is 6.30. The quantitative estimate of drug-likeness (QED) is 0.733. The van der Waals surface area contributed by atoms with E-state index in [1.54, 1.807) is 24.3 Å². The second kappa shape index (κ2) is 3.28. The molecule has 1 saturated heterocycles. The van der Waals surface area contributed by atoms with Crippen LogP contribution in [0.3, 0.4) is 0 Å². The Bertz CT molecular complexity index is 308. The Morgan fingerprint density at radius 3 is 2.92 bits per heavy atom. The number of hydrogen-bond acceptors (Lipinski definition) is 1. The minimum absolute atomic E-state index is 0.396. The molecular formula is C10H11ClFN. The summed E-state index contributed by atoms with van der Waals surface area (Å²) < 4.78 is 14.1. The number of halogens is 2. The van der Waals surface area contributed by atoms with Crippen LogP contribution < -0.4 is 5.32 Å². The monoisotopic (exact) mass is 199 g/mol. The highest BCUT2D eigenvalue weighted by Gasteiger charge is 2.35. The molecule has 1 aliphatic rings. The van der Waals surface area contributed by atoms with Crippen molar-refractivity contribution in [2.24, 2.45) is 0 Å². The lowest BCUT2D eigenvalue weighted by Crippen LogP contribution is -2.23. The van der Waals surface area contributed by atoms with Gasteiger partial charge >= 0.3 is 0 Å². The van der Waals surface area contributed by atoms with E-state index in [2.05, 4.69) is 5.32 Å². The van der Waals surface area contributed by atoms with Crippen LogP contribution in [0.5, 0.6) is 0 Å². The van der Waals surface area contributed by atoms with Gasteiger partial charge in [-0.15, -0.1) is 0 Å². The third-order valence-corrected chi connectivity index (χ3v) is 2.68. The van der Waals surface area contributed by atoms with Gasteiger partial charge < -0.3 is 5.32 Å². The maximum atomic E-state index is 14.1. The lowest BCUT2D eigenvalue weighted by atomic mass is 9.95. The van der Waals surface area contributed by atoms with E-state index in [1.165, 1.54) is 0 Å². The van der Waals surface area contributed by atoms with Crippen molar-refractivity contribution in [2.45, 2.75) is 12.1 Å². The molecule has 0 unspecified atom stereocenters. The lowest BCUT2D eigenvalue weighted by Gasteiger charge is -2.18. The van der Waals surface area contributed by atoms with Crippen molar-refractivity contribution >= 4 is 11.6 Å². The molecule has 0 aliphatic carbocycles. The highest BCUT2D eigenvalue weighted by atomic mass is 35.5. The summed E-state index contributed by atoms with van der Waals surface area (Å²) in [6.45, 7) is 1.14. The van der Waals surface area contributed by atoms with Crippen LogP contribution in [0.25, 0.3) is 0 Å². The van der Waals surface area contributed by atoms with Gasteiger partial charge in [0, 0.05) is 11.6 Å². The van der Waals surface area contributed by atoms with E-state index in [0.717, 1.165) is 6.54 Å². The van der Waals surface area contributed by atoms with Crippen LogP contribution in [0.2, 0.25) is 5.02 Å². The zero-order valence-corrected chi connectivity index (χ0v) is 7.94. The Morgan fingerprint density at radius 1 is 1.46 bits per heavy atom. The molecule has 0 saturated carbocycles. The predicted octanol–water partition coefficient (Wildman–Crippen LogP) is 2.50. The van der Waals surface area contributed by atoms with Crippen LogP contribution in [-0.2, 0) is 5.67 Å². The number of benzene rings is 1. The van der Waals surface area contributed by atoms with Gasteiger partial charge in [-0.1, -0.05) is 23.7 Å². The maximum absolute atomic E-state index is 14.1. The first-order chi connectivity index (χ1) is 6.21. The maximum Gasteiger partial charge on any atom is 0.149 e. The fourth-order valence-corrected chi connectivity index (χ4v) is 1.87. The minimum Gasteiger partial charge on any atom is -0.313 e. The van der Waals surface area contributed by atoms with Gasteiger partial charge in [0.25, 0.3) is 0 Å². The van der Waals surface area contributed by atoms with Crippen LogP contribution >= 0.6 is 11.6 Å². The van der Waals surface area contributed by atoms with Gasteiger partial charge in [-0.05, 0) is 30.7 Å². The summed E-state index contributed by atoms with van der Waals surface area (Å²) in [5.41, 5.74) is -0.532. The smallest absolute Gasteiger partial charge is 0.149 e. The van der Waals surface area contributed by atoms with Gasteiger partial charge in [-0.3, -0.25) is 0 Å². The van der Waals surface area contributed by atoms with E-state index in [4.69, 9.17) is 11.6 Å². The van der Waals surface area contributed by atoms with Crippen molar-refractivity contribution in [3.05, 3.63) is 34.9 Å². The van der Waals surface area contributed by atoms with Crippen molar-refractivity contribution in [2.75, 3.05) is 13.1 Å². The summed E-state index contributed by atoms with van der Waals surface area (Å²) in [7, 11) is 0. The van der Waals surface area contributed by atoms with E-state index in [-0.39, 0.29) is 0 Å². The molecule has 1 atom stereocenters. The standard InChI is InChI=1S/C10H11ClFN/c11-9-3-1-2-8(6-9)10(12)4-5-13-7-10/h1-3,6,13H,4-5,7H2/t10-/m1/s1. The van der Waals surface area contributed by atoms with Crippen LogP contribution in [0.1, 0.15) is 12.0 Å². The van der Waals surface area contributed by atoms with Crippen LogP contribution in [0.15, 0.2) is 24.3 Å². The van der Waals surface area contributed by atoms with Crippen molar-refractivity contribution < 1.29 is 4.39 Å². The molecule has 1 aromatic rings. The molecule has 70 valence electrons. The second-order valence-electron chi connectivity index (χ2n) is 3.40. The molecule has 1 aromatic carbocycles. The van der Waals surface area contributed by atoms with E-state index in [1.807, 2.05) is 0 Å². The Morgan fingerprint density at radius 2 is 2.31 bits per heavy atom. The number of rotatable bonds is 1. The first-order valence-corrected chi connectivity index (χ1v) is 4.74. The Hall–Kier alpha value is -0.600. The summed E-state index contributed by atoms with van der Waals surface area (Å²) in [6, 6.07) is 7.04. The SMILES string of the molecule is F[C@]1(c2cccc(Cl)c2)CCNC1. The van der Waals surface area contributed by atoms with Crippen molar-refractivity contribution in [1.29, 1.82) is 0 Å². The van der Waals surface area contributed by atoms with Gasteiger partial charge in [0.05, 0.1) is 0 Å². The first kappa shape index (κ1) is 8.97. The topological polar surface area (TPSA) is 12.0 Å². The van der Waals surface area contributed by atoms with E-state index >= 15 is 0 Å². The molecular weight excluding hydrogens is 189 g/mol. The van der Waals surface area contributed by atoms with E-state index in [9.17, 15) is 4.39 Å². The van der Waals surface area contributed by atoms with Crippen molar-refractivity contribution in [3.8, 4) is 0 Å². The average molecular weight is 200 g/mol. The molecule has 0 spiro atoms. The minimum atomic E-state index is -1.22. The summed E-state index contributed by atoms with van der Waals surface area (Å²) in [5.74, 6) is 0. The third kappa shape index (κ3) is 1.69. The second-order valence-corrected chi connectivity index (χ2v) is 3.84. The Balaban J connectivity index is 2.33. The summed E-state index contributed by atoms with van der Waals surface area (Å²) in [5, 5.41) is 3.61. The van der Waals surface area contributed by atoms with Gasteiger partial charge in [0.2, 0.25) is 0 Å². The lowest BCUT2D eigenvalue weighted by molar-refractivity contribution is 0.193. The third-order valence-electron chi connectivity index (χ3n) is 2.45. The molecule has 0 aromatic heterocycles. The fraction of sp³-hybridized carbons (Fsp3) is 0.400. The molecule has 1 nitrogen and oxygen atoms in total. The van der Waals surface area contributed by atoms with Gasteiger partial charge in [-0.25, -0.2) is 4.39 Å². The number of alkyl halides is 1.